The first-order valence-corrected chi connectivity index (χ1v) is 23.3. The zero-order valence-electron chi connectivity index (χ0n) is 39.4. The van der Waals surface area contributed by atoms with Gasteiger partial charge in [-0.1, -0.05) is 93.9 Å². The summed E-state index contributed by atoms with van der Waals surface area (Å²) in [7, 11) is 0. The zero-order chi connectivity index (χ0) is 46.3. The van der Waals surface area contributed by atoms with Crippen LogP contribution in [0.5, 0.6) is 0 Å². The van der Waals surface area contributed by atoms with E-state index in [4.69, 9.17) is 23.0 Å². The molecule has 8 rings (SSSR count). The zero-order valence-corrected chi connectivity index (χ0v) is 39.4. The Balaban J connectivity index is 1.12. The molecule has 5 aliphatic carbocycles. The molecule has 1 N–H and O–H groups in total. The third kappa shape index (κ3) is 7.46. The van der Waals surface area contributed by atoms with Crippen LogP contribution in [0.25, 0.3) is 0 Å². The average molecular weight is 878 g/mol. The van der Waals surface area contributed by atoms with Gasteiger partial charge in [-0.05, 0) is 150 Å². The van der Waals surface area contributed by atoms with Gasteiger partial charge in [-0.3, -0.25) is 14.4 Å². The number of benzene rings is 2. The summed E-state index contributed by atoms with van der Waals surface area (Å²) in [6, 6.07) is 19.1. The number of hydrogen-bond acceptors (Lipinski definition) is 10. The number of aryl methyl sites for hydroxylation is 1. The maximum absolute atomic E-state index is 15.3. The first kappa shape index (κ1) is 45.6. The molecular weight excluding hydrogens is 811 g/mol. The fourth-order valence-electron chi connectivity index (χ4n) is 13.6. The van der Waals surface area contributed by atoms with Gasteiger partial charge in [-0.2, -0.15) is 0 Å². The highest BCUT2D eigenvalue weighted by Gasteiger charge is 2.72. The topological polar surface area (TPSA) is 151 Å². The molecule has 1 heterocycles. The van der Waals surface area contributed by atoms with E-state index in [0.717, 1.165) is 36.0 Å². The molecule has 5 aliphatic rings. The summed E-state index contributed by atoms with van der Waals surface area (Å²) >= 11 is 0. The molecule has 3 aromatic rings. The summed E-state index contributed by atoms with van der Waals surface area (Å²) in [5.41, 5.74) is -1.38. The van der Waals surface area contributed by atoms with Crippen molar-refractivity contribution < 1.29 is 42.2 Å². The standard InChI is InChI=1S/C53H67NO10/c1-32-38(62-46(59)61-32)31-60-44(57)53(10)39-21-24-52(9)42(50(39,7)23-22-40(53)54-45(58)64-47(2,3)4)37(55)29-35-36-30-49(6,26-25-48(36,5)27-28-51(35,52)8)43(56)63-41(33-17-13-11-14-18-33)34-19-15-12-16-20-34/h11-20,29,36,39-42H,21-28,30-31H2,1-10H3,(H,54,58)/t36-,39+,40-,42+,48+,49-,50-,51+,52+,53-/m0/s1. The largest absolute Gasteiger partial charge is 0.519 e. The fraction of sp³-hybridized carbons (Fsp3) is 0.604. The Kier molecular flexibility index (Phi) is 11.3. The van der Waals surface area contributed by atoms with Crippen molar-refractivity contribution >= 4 is 23.8 Å². The molecule has 4 fully saturated rings. The number of amides is 1. The Bertz CT molecular complexity index is 2350. The van der Waals surface area contributed by atoms with E-state index in [2.05, 4.69) is 39.9 Å². The third-order valence-electron chi connectivity index (χ3n) is 17.5. The molecular formula is C53H67NO10. The number of alkyl carbamates (subject to hydrolysis) is 1. The minimum atomic E-state index is -1.28. The van der Waals surface area contributed by atoms with Crippen LogP contribution in [-0.4, -0.2) is 35.5 Å². The number of esters is 2. The first-order valence-electron chi connectivity index (χ1n) is 23.3. The van der Waals surface area contributed by atoms with Crippen LogP contribution in [0.4, 0.5) is 4.79 Å². The fourth-order valence-corrected chi connectivity index (χ4v) is 13.6. The van der Waals surface area contributed by atoms with Crippen LogP contribution in [0.15, 0.2) is 85.9 Å². The molecule has 4 saturated carbocycles. The normalized spacial score (nSPS) is 35.7. The lowest BCUT2D eigenvalue weighted by atomic mass is 9.33. The van der Waals surface area contributed by atoms with Gasteiger partial charge in [0.05, 0.1) is 10.8 Å². The van der Waals surface area contributed by atoms with Gasteiger partial charge in [0.15, 0.2) is 30.0 Å². The minimum absolute atomic E-state index is 0.00265. The van der Waals surface area contributed by atoms with E-state index in [1.54, 1.807) is 27.7 Å². The van der Waals surface area contributed by atoms with Gasteiger partial charge in [0.25, 0.3) is 0 Å². The van der Waals surface area contributed by atoms with E-state index in [1.807, 2.05) is 73.7 Å². The first-order chi connectivity index (χ1) is 30.0. The molecule has 1 aromatic heterocycles. The predicted octanol–water partition coefficient (Wildman–Crippen LogP) is 10.8. The third-order valence-corrected chi connectivity index (χ3v) is 17.5. The van der Waals surface area contributed by atoms with E-state index in [9.17, 15) is 19.2 Å². The highest BCUT2D eigenvalue weighted by Crippen LogP contribution is 2.75. The summed E-state index contributed by atoms with van der Waals surface area (Å²) in [5, 5.41) is 3.05. The average Bonchev–Trinajstić information content (AvgIpc) is 3.57. The van der Waals surface area contributed by atoms with E-state index in [-0.39, 0.29) is 52.5 Å². The van der Waals surface area contributed by atoms with Gasteiger partial charge < -0.3 is 28.4 Å². The number of ketones is 1. The molecule has 0 spiro atoms. The predicted molar refractivity (Wildman–Crippen MR) is 240 cm³/mol. The number of allylic oxidation sites excluding steroid dienone is 2. The Morgan fingerprint density at radius 2 is 1.42 bits per heavy atom. The van der Waals surface area contributed by atoms with Crippen LogP contribution < -0.4 is 11.1 Å². The summed E-state index contributed by atoms with van der Waals surface area (Å²) < 4.78 is 28.5. The van der Waals surface area contributed by atoms with Crippen LogP contribution >= 0.6 is 0 Å². The van der Waals surface area contributed by atoms with Gasteiger partial charge in [0.2, 0.25) is 0 Å². The van der Waals surface area contributed by atoms with Crippen molar-refractivity contribution in [1.29, 1.82) is 0 Å². The van der Waals surface area contributed by atoms with Crippen molar-refractivity contribution in [3.8, 4) is 0 Å². The summed E-state index contributed by atoms with van der Waals surface area (Å²) in [5.74, 6) is -2.02. The molecule has 0 bridgehead atoms. The van der Waals surface area contributed by atoms with Crippen LogP contribution in [0.2, 0.25) is 0 Å². The molecule has 0 aliphatic heterocycles. The summed E-state index contributed by atoms with van der Waals surface area (Å²) in [6.07, 6.45) is 7.10. The van der Waals surface area contributed by atoms with Gasteiger partial charge in [-0.15, -0.1) is 0 Å². The summed E-state index contributed by atoms with van der Waals surface area (Å²) in [4.78, 5) is 70.0. The van der Waals surface area contributed by atoms with E-state index in [0.29, 0.717) is 38.5 Å². The quantitative estimate of drug-likeness (QED) is 0.171. The van der Waals surface area contributed by atoms with Gasteiger partial charge in [0, 0.05) is 12.0 Å². The van der Waals surface area contributed by atoms with Crippen LogP contribution in [-0.2, 0) is 35.2 Å². The molecule has 64 heavy (non-hydrogen) atoms. The molecule has 0 radical (unpaired) electrons. The van der Waals surface area contributed by atoms with Crippen LogP contribution in [0, 0.1) is 57.2 Å². The van der Waals surface area contributed by atoms with Crippen molar-refractivity contribution in [2.45, 2.75) is 151 Å². The van der Waals surface area contributed by atoms with Gasteiger partial charge in [-0.25, -0.2) is 9.59 Å². The van der Waals surface area contributed by atoms with Crippen LogP contribution in [0.3, 0.4) is 0 Å². The smallest absolute Gasteiger partial charge is 0.457 e. The highest BCUT2D eigenvalue weighted by molar-refractivity contribution is 5.96. The minimum Gasteiger partial charge on any atom is -0.457 e. The number of carbonyl (C=O) groups is 4. The van der Waals surface area contributed by atoms with E-state index >= 15 is 4.79 Å². The Labute approximate surface area is 377 Å². The van der Waals surface area contributed by atoms with Crippen molar-refractivity contribution in [2.24, 2.45) is 50.2 Å². The molecule has 0 unspecified atom stereocenters. The molecule has 344 valence electrons. The SMILES string of the molecule is Cc1oc(=O)oc1COC(=O)[C@]1(C)[C@@H](NC(=O)OC(C)(C)C)CC[C@@]2(C)[C@H]1CC[C@]1(C)[C@@H]2C(=O)C=C2[C@@H]3C[C@@](C)(C(=O)OC(c4ccccc4)c4ccccc4)CC[C@]3(C)CC[C@]21C. The Morgan fingerprint density at radius 3 is 2.02 bits per heavy atom. The van der Waals surface area contributed by atoms with Crippen molar-refractivity contribution in [1.82, 2.24) is 5.32 Å². The number of rotatable bonds is 8. The van der Waals surface area contributed by atoms with Crippen LogP contribution in [0.1, 0.15) is 149 Å². The molecule has 1 amide bonds. The summed E-state index contributed by atoms with van der Waals surface area (Å²) in [6.45, 7) is 19.7. The lowest BCUT2D eigenvalue weighted by Crippen LogP contribution is -2.69. The Hall–Kier alpha value is -4.93. The number of hydrogen-bond donors (Lipinski definition) is 1. The second kappa shape index (κ2) is 15.9. The van der Waals surface area contributed by atoms with Gasteiger partial charge in [0.1, 0.15) is 5.60 Å². The van der Waals surface area contributed by atoms with Crippen molar-refractivity contribution in [3.05, 3.63) is 106 Å². The number of carbonyl (C=O) groups excluding carboxylic acids is 4. The number of ether oxygens (including phenoxy) is 3. The molecule has 11 nitrogen and oxygen atoms in total. The Morgan fingerprint density at radius 1 is 0.797 bits per heavy atom. The maximum atomic E-state index is 15.3. The second-order valence-electron chi connectivity index (χ2n) is 22.4. The molecule has 2 aromatic carbocycles. The van der Waals surface area contributed by atoms with E-state index < -0.39 is 63.2 Å². The van der Waals surface area contributed by atoms with E-state index in [1.165, 1.54) is 0 Å². The monoisotopic (exact) mass is 877 g/mol. The highest BCUT2D eigenvalue weighted by atomic mass is 16.6. The molecule has 10 atom stereocenters. The molecule has 11 heteroatoms. The number of fused-ring (bicyclic) bond motifs is 7. The van der Waals surface area contributed by atoms with Crippen molar-refractivity contribution in [3.63, 3.8) is 0 Å². The second-order valence-corrected chi connectivity index (χ2v) is 22.4. The number of nitrogens with one attached hydrogen (secondary N) is 1. The maximum Gasteiger partial charge on any atom is 0.519 e. The molecule has 0 saturated heterocycles. The lowest BCUT2D eigenvalue weighted by molar-refractivity contribution is -0.205. The lowest BCUT2D eigenvalue weighted by Gasteiger charge is -2.70. The van der Waals surface area contributed by atoms with Gasteiger partial charge >= 0.3 is 23.9 Å². The van der Waals surface area contributed by atoms with Crippen molar-refractivity contribution in [2.75, 3.05) is 0 Å².